The molecular formula is C22H22ClF3NO2P. The third-order valence-corrected chi connectivity index (χ3v) is 8.29. The van der Waals surface area contributed by atoms with Crippen molar-refractivity contribution in [1.29, 1.82) is 0 Å². The Hall–Kier alpha value is -2.17. The van der Waals surface area contributed by atoms with E-state index in [2.05, 4.69) is 4.74 Å². The van der Waals surface area contributed by atoms with Crippen LogP contribution in [0.15, 0.2) is 69.8 Å². The predicted octanol–water partition coefficient (Wildman–Crippen LogP) is 8.21. The highest BCUT2D eigenvalue weighted by Crippen LogP contribution is 2.62. The zero-order valence-corrected chi connectivity index (χ0v) is 18.6. The van der Waals surface area contributed by atoms with Gasteiger partial charge in [-0.1, -0.05) is 50.6 Å². The molecule has 0 aliphatic carbocycles. The maximum atomic E-state index is 13.7. The lowest BCUT2D eigenvalue weighted by Crippen LogP contribution is -2.26. The molecule has 1 unspecified atom stereocenters. The number of furan rings is 1. The molecule has 1 atom stereocenters. The van der Waals surface area contributed by atoms with Gasteiger partial charge in [-0.2, -0.15) is 13.2 Å². The quantitative estimate of drug-likeness (QED) is 0.371. The lowest BCUT2D eigenvalue weighted by Gasteiger charge is -2.35. The van der Waals surface area contributed by atoms with E-state index in [1.165, 1.54) is 18.2 Å². The number of nitrogens with zero attached hydrogens (tertiary/aromatic N) is 1. The summed E-state index contributed by atoms with van der Waals surface area (Å²) in [5, 5.41) is -0.232. The van der Waals surface area contributed by atoms with Gasteiger partial charge in [0.25, 0.3) is 0 Å². The van der Waals surface area contributed by atoms with E-state index in [0.717, 1.165) is 6.07 Å². The van der Waals surface area contributed by atoms with Crippen LogP contribution in [0.25, 0.3) is 0 Å². The fourth-order valence-electron chi connectivity index (χ4n) is 2.95. The van der Waals surface area contributed by atoms with Gasteiger partial charge in [-0.3, -0.25) is 0 Å². The number of halogens is 4. The van der Waals surface area contributed by atoms with Crippen molar-refractivity contribution in [3.63, 3.8) is 0 Å². The first-order chi connectivity index (χ1) is 13.9. The van der Waals surface area contributed by atoms with Crippen LogP contribution in [0.4, 0.5) is 18.9 Å². The van der Waals surface area contributed by atoms with E-state index < -0.39 is 24.2 Å². The molecule has 8 heteroatoms. The Kier molecular flexibility index (Phi) is 6.13. The summed E-state index contributed by atoms with van der Waals surface area (Å²) < 4.78 is 58.0. The van der Waals surface area contributed by atoms with E-state index in [4.69, 9.17) is 20.5 Å². The van der Waals surface area contributed by atoms with E-state index in [9.17, 15) is 13.2 Å². The van der Waals surface area contributed by atoms with Gasteiger partial charge in [0.1, 0.15) is 11.5 Å². The van der Waals surface area contributed by atoms with Crippen molar-refractivity contribution in [2.75, 3.05) is 0 Å². The van der Waals surface area contributed by atoms with Crippen LogP contribution >= 0.6 is 18.9 Å². The molecule has 160 valence electrons. The first-order valence-corrected chi connectivity index (χ1v) is 11.3. The number of benzene rings is 2. The van der Waals surface area contributed by atoms with Crippen molar-refractivity contribution in [2.45, 2.75) is 39.0 Å². The Balaban J connectivity index is 2.36. The molecule has 3 rings (SSSR count). The summed E-state index contributed by atoms with van der Waals surface area (Å²) >= 11 is 6.11. The first kappa shape index (κ1) is 22.5. The molecule has 0 saturated carbocycles. The average Bonchev–Trinajstić information content (AvgIpc) is 3.06. The van der Waals surface area contributed by atoms with Crippen LogP contribution in [-0.2, 0) is 6.18 Å². The maximum Gasteiger partial charge on any atom is 0.418 e. The molecule has 0 aliphatic rings. The van der Waals surface area contributed by atoms with Crippen LogP contribution in [-0.4, -0.2) is 5.16 Å². The van der Waals surface area contributed by atoms with E-state index in [1.54, 1.807) is 43.3 Å². The maximum absolute atomic E-state index is 13.7. The van der Waals surface area contributed by atoms with Crippen molar-refractivity contribution in [1.82, 2.24) is 0 Å². The summed E-state index contributed by atoms with van der Waals surface area (Å²) in [5.41, 5.74) is -0.606. The summed E-state index contributed by atoms with van der Waals surface area (Å²) in [5.74, 6) is 1.03. The highest BCUT2D eigenvalue weighted by atomic mass is 35.5. The van der Waals surface area contributed by atoms with Crippen molar-refractivity contribution < 1.29 is 22.1 Å². The molecule has 0 saturated heterocycles. The number of alkyl halides is 3. The smallest absolute Gasteiger partial charge is 0.418 e. The molecule has 1 aromatic heterocycles. The first-order valence-electron chi connectivity index (χ1n) is 9.23. The minimum Gasteiger partial charge on any atom is -0.457 e. The molecular weight excluding hydrogens is 434 g/mol. The van der Waals surface area contributed by atoms with Gasteiger partial charge in [-0.05, 0) is 49.4 Å². The van der Waals surface area contributed by atoms with Crippen LogP contribution in [0.5, 0.6) is 5.75 Å². The highest BCUT2D eigenvalue weighted by Gasteiger charge is 2.43. The fraction of sp³-hybridized carbons (Fsp3) is 0.273. The SMILES string of the molecule is Cc1ccc(P(=Nc2ccccc2C(F)(F)F)(Oc2cccc(Cl)c2)C(C)(C)C)o1. The van der Waals surface area contributed by atoms with E-state index in [1.807, 2.05) is 20.8 Å². The molecule has 0 radical (unpaired) electrons. The second-order valence-corrected chi connectivity index (χ2v) is 11.5. The lowest BCUT2D eigenvalue weighted by molar-refractivity contribution is -0.137. The van der Waals surface area contributed by atoms with Crippen LogP contribution < -0.4 is 10.0 Å². The Morgan fingerprint density at radius 1 is 0.967 bits per heavy atom. The van der Waals surface area contributed by atoms with E-state index in [-0.39, 0.29) is 5.69 Å². The van der Waals surface area contributed by atoms with Gasteiger partial charge < -0.3 is 8.94 Å². The van der Waals surface area contributed by atoms with E-state index >= 15 is 0 Å². The third-order valence-electron chi connectivity index (χ3n) is 4.43. The zero-order chi connectivity index (χ0) is 22.2. The van der Waals surface area contributed by atoms with Crippen molar-refractivity contribution in [3.8, 4) is 5.75 Å². The number of hydrogen-bond acceptors (Lipinski definition) is 3. The molecule has 0 N–H and O–H groups in total. The topological polar surface area (TPSA) is 34.7 Å². The van der Waals surface area contributed by atoms with Gasteiger partial charge >= 0.3 is 6.18 Å². The number of rotatable bonds is 4. The summed E-state index contributed by atoms with van der Waals surface area (Å²) in [6, 6.07) is 15.4. The van der Waals surface area contributed by atoms with Crippen molar-refractivity contribution >= 4 is 30.1 Å². The molecule has 3 nitrogen and oxygen atoms in total. The molecule has 0 amide bonds. The Morgan fingerprint density at radius 3 is 2.23 bits per heavy atom. The van der Waals surface area contributed by atoms with Gasteiger partial charge in [-0.15, -0.1) is 0 Å². The second-order valence-electron chi connectivity index (χ2n) is 7.79. The highest BCUT2D eigenvalue weighted by molar-refractivity contribution is 7.70. The summed E-state index contributed by atoms with van der Waals surface area (Å²) in [6.07, 6.45) is -4.55. The molecule has 2 aromatic carbocycles. The molecule has 0 spiro atoms. The van der Waals surface area contributed by atoms with Crippen LogP contribution in [0.2, 0.25) is 5.02 Å². The minimum absolute atomic E-state index is 0.190. The molecule has 3 aromatic rings. The van der Waals surface area contributed by atoms with Crippen LogP contribution in [0.3, 0.4) is 0 Å². The second kappa shape index (κ2) is 8.16. The summed E-state index contributed by atoms with van der Waals surface area (Å²) in [4.78, 5) is 0. The fourth-order valence-corrected chi connectivity index (χ4v) is 6.03. The third kappa shape index (κ3) is 4.60. The largest absolute Gasteiger partial charge is 0.457 e. The predicted molar refractivity (Wildman–Crippen MR) is 115 cm³/mol. The average molecular weight is 456 g/mol. The van der Waals surface area contributed by atoms with Crippen molar-refractivity contribution in [2.24, 2.45) is 4.74 Å². The van der Waals surface area contributed by atoms with E-state index in [0.29, 0.717) is 22.0 Å². The molecule has 0 bridgehead atoms. The van der Waals surface area contributed by atoms with Gasteiger partial charge in [0, 0.05) is 10.2 Å². The van der Waals surface area contributed by atoms with Crippen LogP contribution in [0, 0.1) is 6.92 Å². The van der Waals surface area contributed by atoms with Crippen LogP contribution in [0.1, 0.15) is 32.1 Å². The van der Waals surface area contributed by atoms with Gasteiger partial charge in [-0.25, -0.2) is 4.74 Å². The Bertz CT molecular complexity index is 1100. The standard InChI is InChI=1S/C22H22ClF3NO2P/c1-15-12-13-20(28-15)30(21(2,3)4,29-17-9-7-8-16(23)14-17)27-19-11-6-5-10-18(19)22(24,25)26/h5-14H,1-4H3. The number of hydrogen-bond donors (Lipinski definition) is 0. The van der Waals surface area contributed by atoms with Gasteiger partial charge in [0.2, 0.25) is 7.28 Å². The Labute approximate surface area is 179 Å². The van der Waals surface area contributed by atoms with Gasteiger partial charge in [0.15, 0.2) is 5.50 Å². The molecule has 0 aliphatic heterocycles. The van der Waals surface area contributed by atoms with Gasteiger partial charge in [0.05, 0.1) is 11.3 Å². The van der Waals surface area contributed by atoms with Crippen molar-refractivity contribution in [3.05, 3.63) is 77.0 Å². The number of aryl methyl sites for hydroxylation is 1. The minimum atomic E-state index is -4.55. The summed E-state index contributed by atoms with van der Waals surface area (Å²) in [7, 11) is -3.17. The Morgan fingerprint density at radius 2 is 1.67 bits per heavy atom. The summed E-state index contributed by atoms with van der Waals surface area (Å²) in [6.45, 7) is 7.40. The molecule has 30 heavy (non-hydrogen) atoms. The lowest BCUT2D eigenvalue weighted by atomic mass is 10.2. The zero-order valence-electron chi connectivity index (χ0n) is 17.0. The molecule has 1 heterocycles. The normalized spacial score (nSPS) is 14.3. The molecule has 0 fully saturated rings. The monoisotopic (exact) mass is 455 g/mol.